The van der Waals surface area contributed by atoms with E-state index in [-0.39, 0.29) is 11.6 Å². The van der Waals surface area contributed by atoms with Gasteiger partial charge in [0.1, 0.15) is 0 Å². The van der Waals surface area contributed by atoms with E-state index < -0.39 is 0 Å². The quantitative estimate of drug-likeness (QED) is 0.893. The molecule has 1 aromatic heterocycles. The van der Waals surface area contributed by atoms with E-state index in [1.165, 1.54) is 25.0 Å². The van der Waals surface area contributed by atoms with Gasteiger partial charge in [-0.25, -0.2) is 0 Å². The molecule has 0 aliphatic heterocycles. The van der Waals surface area contributed by atoms with E-state index in [1.54, 1.807) is 0 Å². The minimum Gasteiger partial charge on any atom is -0.374 e. The summed E-state index contributed by atoms with van der Waals surface area (Å²) in [5.41, 5.74) is 8.60. The average molecular weight is 344 g/mol. The average Bonchev–Trinajstić information content (AvgIpc) is 2.67. The molecular formula is C15H26BrN3O. The van der Waals surface area contributed by atoms with Crippen molar-refractivity contribution in [2.45, 2.75) is 64.0 Å². The molecular weight excluding hydrogens is 318 g/mol. The Hall–Kier alpha value is -0.390. The summed E-state index contributed by atoms with van der Waals surface area (Å²) in [5, 5.41) is 4.45. The molecule has 1 atom stereocenters. The second-order valence-electron chi connectivity index (χ2n) is 5.84. The van der Waals surface area contributed by atoms with Crippen LogP contribution in [-0.2, 0) is 18.2 Å². The van der Waals surface area contributed by atoms with Gasteiger partial charge in [-0.05, 0) is 42.6 Å². The van der Waals surface area contributed by atoms with E-state index in [9.17, 15) is 0 Å². The van der Waals surface area contributed by atoms with Crippen LogP contribution in [-0.4, -0.2) is 28.0 Å². The molecule has 0 spiro atoms. The van der Waals surface area contributed by atoms with Crippen molar-refractivity contribution in [2.24, 2.45) is 12.8 Å². The van der Waals surface area contributed by atoms with Crippen molar-refractivity contribution in [1.82, 2.24) is 9.78 Å². The molecule has 1 fully saturated rings. The Morgan fingerprint density at radius 1 is 1.40 bits per heavy atom. The lowest BCUT2D eigenvalue weighted by atomic mass is 9.78. The standard InChI is InChI=1S/C15H26BrN3O/c1-4-20-15(8-6-5-7-9-15)13(17)10-12-14(16)11(2)18-19(12)3/h13H,4-10,17H2,1-3H3. The van der Waals surface area contributed by atoms with Gasteiger partial charge in [0.15, 0.2) is 0 Å². The number of nitrogens with two attached hydrogens (primary N) is 1. The fourth-order valence-corrected chi connectivity index (χ4v) is 3.85. The zero-order chi connectivity index (χ0) is 14.8. The van der Waals surface area contributed by atoms with Crippen LogP contribution < -0.4 is 5.73 Å². The first-order valence-corrected chi connectivity index (χ1v) is 8.37. The van der Waals surface area contributed by atoms with Crippen molar-refractivity contribution < 1.29 is 4.74 Å². The van der Waals surface area contributed by atoms with Crippen LogP contribution >= 0.6 is 15.9 Å². The maximum Gasteiger partial charge on any atom is 0.0836 e. The van der Waals surface area contributed by atoms with Gasteiger partial charge in [0.25, 0.3) is 0 Å². The Balaban J connectivity index is 2.17. The van der Waals surface area contributed by atoms with Gasteiger partial charge in [0, 0.05) is 26.1 Å². The topological polar surface area (TPSA) is 53.1 Å². The SMILES string of the molecule is CCOC1(C(N)Cc2c(Br)c(C)nn2C)CCCCC1. The summed E-state index contributed by atoms with van der Waals surface area (Å²) >= 11 is 3.63. The molecule has 1 aliphatic rings. The number of hydrogen-bond donors (Lipinski definition) is 1. The summed E-state index contributed by atoms with van der Waals surface area (Å²) in [6.07, 6.45) is 6.71. The van der Waals surface area contributed by atoms with Crippen molar-refractivity contribution >= 4 is 15.9 Å². The minimum atomic E-state index is -0.148. The maximum absolute atomic E-state index is 6.56. The number of rotatable bonds is 5. The summed E-state index contributed by atoms with van der Waals surface area (Å²) in [5.74, 6) is 0. The molecule has 1 heterocycles. The fourth-order valence-electron chi connectivity index (χ4n) is 3.36. The smallest absolute Gasteiger partial charge is 0.0836 e. The molecule has 114 valence electrons. The normalized spacial score (nSPS) is 20.1. The van der Waals surface area contributed by atoms with Gasteiger partial charge in [-0.1, -0.05) is 19.3 Å². The highest BCUT2D eigenvalue weighted by Gasteiger charge is 2.39. The third kappa shape index (κ3) is 3.10. The van der Waals surface area contributed by atoms with Crippen LogP contribution in [0.2, 0.25) is 0 Å². The highest BCUT2D eigenvalue weighted by Crippen LogP contribution is 2.35. The largest absolute Gasteiger partial charge is 0.374 e. The lowest BCUT2D eigenvalue weighted by molar-refractivity contribution is -0.0820. The molecule has 1 aliphatic carbocycles. The molecule has 0 aromatic carbocycles. The third-order valence-corrected chi connectivity index (χ3v) is 5.51. The molecule has 0 bridgehead atoms. The number of halogens is 1. The predicted octanol–water partition coefficient (Wildman–Crippen LogP) is 3.10. The van der Waals surface area contributed by atoms with E-state index in [2.05, 4.69) is 28.0 Å². The van der Waals surface area contributed by atoms with Crippen molar-refractivity contribution in [3.05, 3.63) is 15.9 Å². The van der Waals surface area contributed by atoms with E-state index in [1.807, 2.05) is 18.7 Å². The van der Waals surface area contributed by atoms with Gasteiger partial charge in [-0.15, -0.1) is 0 Å². The van der Waals surface area contributed by atoms with E-state index in [4.69, 9.17) is 10.5 Å². The summed E-state index contributed by atoms with van der Waals surface area (Å²) in [6.45, 7) is 4.81. The van der Waals surface area contributed by atoms with Crippen LogP contribution in [0.3, 0.4) is 0 Å². The van der Waals surface area contributed by atoms with Crippen LogP contribution in [0.5, 0.6) is 0 Å². The molecule has 0 saturated heterocycles. The van der Waals surface area contributed by atoms with Gasteiger partial charge in [-0.3, -0.25) is 4.68 Å². The van der Waals surface area contributed by atoms with Gasteiger partial charge < -0.3 is 10.5 Å². The van der Waals surface area contributed by atoms with Crippen molar-refractivity contribution in [1.29, 1.82) is 0 Å². The molecule has 2 N–H and O–H groups in total. The Bertz CT molecular complexity index is 447. The highest BCUT2D eigenvalue weighted by atomic mass is 79.9. The fraction of sp³-hybridized carbons (Fsp3) is 0.800. The van der Waals surface area contributed by atoms with Crippen LogP contribution in [0.1, 0.15) is 50.4 Å². The number of hydrogen-bond acceptors (Lipinski definition) is 3. The number of nitrogens with zero attached hydrogens (tertiary/aromatic N) is 2. The van der Waals surface area contributed by atoms with E-state index >= 15 is 0 Å². The zero-order valence-corrected chi connectivity index (χ0v) is 14.4. The number of aromatic nitrogens is 2. The predicted molar refractivity (Wildman–Crippen MR) is 84.8 cm³/mol. The van der Waals surface area contributed by atoms with Crippen LogP contribution in [0.25, 0.3) is 0 Å². The Labute approximate surface area is 130 Å². The highest BCUT2D eigenvalue weighted by molar-refractivity contribution is 9.10. The molecule has 1 unspecified atom stereocenters. The minimum absolute atomic E-state index is 0.0221. The second kappa shape index (κ2) is 6.58. The summed E-state index contributed by atoms with van der Waals surface area (Å²) in [4.78, 5) is 0. The lowest BCUT2D eigenvalue weighted by Gasteiger charge is -2.41. The van der Waals surface area contributed by atoms with E-state index in [0.717, 1.165) is 36.0 Å². The molecule has 1 saturated carbocycles. The molecule has 20 heavy (non-hydrogen) atoms. The Morgan fingerprint density at radius 2 is 2.05 bits per heavy atom. The molecule has 4 nitrogen and oxygen atoms in total. The van der Waals surface area contributed by atoms with Crippen molar-refractivity contribution in [3.8, 4) is 0 Å². The molecule has 0 radical (unpaired) electrons. The number of aryl methyl sites for hydroxylation is 2. The Morgan fingerprint density at radius 3 is 2.55 bits per heavy atom. The first kappa shape index (κ1) is 16.0. The lowest BCUT2D eigenvalue weighted by Crippen LogP contribution is -2.52. The summed E-state index contributed by atoms with van der Waals surface area (Å²) in [7, 11) is 1.98. The Kier molecular flexibility index (Phi) is 5.26. The molecule has 2 rings (SSSR count). The molecule has 5 heteroatoms. The van der Waals surface area contributed by atoms with Gasteiger partial charge in [-0.2, -0.15) is 5.10 Å². The van der Waals surface area contributed by atoms with Crippen LogP contribution in [0, 0.1) is 6.92 Å². The van der Waals surface area contributed by atoms with Crippen LogP contribution in [0.4, 0.5) is 0 Å². The van der Waals surface area contributed by atoms with Gasteiger partial charge in [0.2, 0.25) is 0 Å². The number of ether oxygens (including phenoxy) is 1. The summed E-state index contributed by atoms with van der Waals surface area (Å²) < 4.78 is 9.13. The maximum atomic E-state index is 6.56. The van der Waals surface area contributed by atoms with E-state index in [0.29, 0.717) is 0 Å². The van der Waals surface area contributed by atoms with Crippen LogP contribution in [0.15, 0.2) is 4.47 Å². The van der Waals surface area contributed by atoms with Gasteiger partial charge >= 0.3 is 0 Å². The third-order valence-electron chi connectivity index (χ3n) is 4.48. The monoisotopic (exact) mass is 343 g/mol. The first-order valence-electron chi connectivity index (χ1n) is 7.57. The summed E-state index contributed by atoms with van der Waals surface area (Å²) in [6, 6.07) is 0.0221. The molecule has 0 amide bonds. The van der Waals surface area contributed by atoms with Crippen molar-refractivity contribution in [2.75, 3.05) is 6.61 Å². The van der Waals surface area contributed by atoms with Crippen molar-refractivity contribution in [3.63, 3.8) is 0 Å². The second-order valence-corrected chi connectivity index (χ2v) is 6.63. The zero-order valence-electron chi connectivity index (χ0n) is 12.8. The first-order chi connectivity index (χ1) is 9.50. The van der Waals surface area contributed by atoms with Gasteiger partial charge in [0.05, 0.1) is 21.5 Å². The molecule has 1 aromatic rings.